The number of nitrogens with zero attached hydrogens (tertiary/aromatic N) is 2. The highest BCUT2D eigenvalue weighted by Crippen LogP contribution is 2.23. The third kappa shape index (κ3) is 6.87. The number of rotatable bonds is 10. The van der Waals surface area contributed by atoms with Gasteiger partial charge in [0.2, 0.25) is 5.91 Å². The molecule has 0 aliphatic carbocycles. The van der Waals surface area contributed by atoms with Gasteiger partial charge in [-0.25, -0.2) is 8.78 Å². The number of carbonyl (C=O) groups is 1. The first-order chi connectivity index (χ1) is 17.7. The molecule has 0 radical (unpaired) electrons. The molecule has 0 aliphatic heterocycles. The number of amides is 1. The van der Waals surface area contributed by atoms with Crippen LogP contribution in [0.5, 0.6) is 0 Å². The summed E-state index contributed by atoms with van der Waals surface area (Å²) in [7, 11) is 0. The van der Waals surface area contributed by atoms with Gasteiger partial charge in [0, 0.05) is 25.2 Å². The molecule has 2 atom stereocenters. The molecule has 0 saturated carbocycles. The number of thiazole rings is 1. The van der Waals surface area contributed by atoms with Gasteiger partial charge in [-0.15, -0.1) is 11.3 Å². The van der Waals surface area contributed by atoms with Crippen molar-refractivity contribution in [2.75, 3.05) is 6.54 Å². The first-order valence-corrected chi connectivity index (χ1v) is 13.3. The molecule has 5 nitrogen and oxygen atoms in total. The Morgan fingerprint density at radius 3 is 2.49 bits per heavy atom. The minimum atomic E-state index is -1.11. The Morgan fingerprint density at radius 1 is 1.05 bits per heavy atom. The number of carbonyl (C=O) groups excluding carboxylic acids is 1. The van der Waals surface area contributed by atoms with Gasteiger partial charge < -0.3 is 20.3 Å². The van der Waals surface area contributed by atoms with Crippen molar-refractivity contribution in [3.8, 4) is 0 Å². The largest absolute Gasteiger partial charge is 0.390 e. The number of fused-ring (bicyclic) bond motifs is 1. The van der Waals surface area contributed by atoms with Crippen molar-refractivity contribution in [1.82, 2.24) is 9.47 Å². The smallest absolute Gasteiger partial charge is 0.242 e. The average molecular weight is 542 g/mol. The fourth-order valence-corrected chi connectivity index (χ4v) is 5.64. The highest BCUT2D eigenvalue weighted by atomic mass is 32.1. The molecule has 1 aromatic heterocycles. The van der Waals surface area contributed by atoms with E-state index in [9.17, 15) is 18.7 Å². The van der Waals surface area contributed by atoms with Crippen molar-refractivity contribution < 1.29 is 18.7 Å². The first-order valence-electron chi connectivity index (χ1n) is 12.1. The molecule has 3 aromatic carbocycles. The van der Waals surface area contributed by atoms with Gasteiger partial charge >= 0.3 is 0 Å². The van der Waals surface area contributed by atoms with Crippen LogP contribution in [0.3, 0.4) is 0 Å². The van der Waals surface area contributed by atoms with Crippen molar-refractivity contribution in [3.63, 3.8) is 0 Å². The zero-order chi connectivity index (χ0) is 26.5. The van der Waals surface area contributed by atoms with E-state index >= 15 is 0 Å². The highest BCUT2D eigenvalue weighted by Gasteiger charge is 2.24. The van der Waals surface area contributed by atoms with Crippen LogP contribution in [-0.2, 0) is 30.7 Å². The number of para-hydroxylation sites is 1. The maximum Gasteiger partial charge on any atom is 0.242 e. The summed E-state index contributed by atoms with van der Waals surface area (Å²) in [5.74, 6) is -1.63. The molecular weight excluding hydrogens is 512 g/mol. The van der Waals surface area contributed by atoms with E-state index in [1.807, 2.05) is 48.5 Å². The fraction of sp³-hybridized carbons (Fsp3) is 0.286. The third-order valence-corrected chi connectivity index (χ3v) is 7.72. The van der Waals surface area contributed by atoms with Crippen molar-refractivity contribution in [2.24, 2.45) is 5.73 Å². The fourth-order valence-electron chi connectivity index (χ4n) is 4.32. The average Bonchev–Trinajstić information content (AvgIpc) is 3.17. The van der Waals surface area contributed by atoms with Crippen LogP contribution >= 0.6 is 23.6 Å². The normalized spacial score (nSPS) is 13.0. The monoisotopic (exact) mass is 541 g/mol. The molecule has 0 bridgehead atoms. The van der Waals surface area contributed by atoms with Gasteiger partial charge in [-0.05, 0) is 66.0 Å². The zero-order valence-electron chi connectivity index (χ0n) is 20.4. The lowest BCUT2D eigenvalue weighted by Crippen LogP contribution is -2.47. The van der Waals surface area contributed by atoms with Crippen LogP contribution in [0.25, 0.3) is 10.2 Å². The second-order valence-corrected chi connectivity index (χ2v) is 10.8. The molecule has 0 fully saturated rings. The molecule has 194 valence electrons. The second kappa shape index (κ2) is 12.0. The van der Waals surface area contributed by atoms with E-state index in [1.165, 1.54) is 23.5 Å². The number of hydrogen-bond donors (Lipinski definition) is 2. The Hall–Kier alpha value is -2.98. The number of aliphatic hydroxyl groups is 1. The molecule has 4 aromatic rings. The van der Waals surface area contributed by atoms with E-state index in [0.29, 0.717) is 9.52 Å². The third-order valence-electron chi connectivity index (χ3n) is 6.29. The Morgan fingerprint density at radius 2 is 1.76 bits per heavy atom. The molecule has 0 aliphatic rings. The topological polar surface area (TPSA) is 71.5 Å². The predicted molar refractivity (Wildman–Crippen MR) is 146 cm³/mol. The van der Waals surface area contributed by atoms with Crippen LogP contribution in [0, 0.1) is 15.6 Å². The Kier molecular flexibility index (Phi) is 8.81. The molecule has 3 N–H and O–H groups in total. The number of hydrogen-bond acceptors (Lipinski definition) is 5. The molecule has 37 heavy (non-hydrogen) atoms. The van der Waals surface area contributed by atoms with Gasteiger partial charge in [-0.1, -0.05) is 43.3 Å². The molecule has 0 saturated heterocycles. The lowest BCUT2D eigenvalue weighted by atomic mass is 10.0. The van der Waals surface area contributed by atoms with E-state index in [-0.39, 0.29) is 32.0 Å². The van der Waals surface area contributed by atoms with E-state index in [1.54, 1.807) is 9.47 Å². The quantitative estimate of drug-likeness (QED) is 0.270. The summed E-state index contributed by atoms with van der Waals surface area (Å²) in [6.07, 6.45) is -0.198. The molecule has 0 spiro atoms. The van der Waals surface area contributed by atoms with Crippen LogP contribution in [0.2, 0.25) is 0 Å². The standard InChI is InChI=1S/C28H29F2N3O2S2/c1-2-18-6-5-7-19(10-18)15-32(16-25(34)23(31)13-20-11-21(29)14-22(30)12-20)27(35)17-33-24-8-3-4-9-26(24)37-28(33)36/h3-12,14,23,25,34H,2,13,15-17,31H2,1H3/t23-,25+/m0/s1. The number of benzene rings is 3. The van der Waals surface area contributed by atoms with E-state index in [0.717, 1.165) is 33.8 Å². The summed E-state index contributed by atoms with van der Waals surface area (Å²) >= 11 is 6.96. The molecule has 4 rings (SSSR count). The lowest BCUT2D eigenvalue weighted by Gasteiger charge is -2.29. The Labute approximate surface area is 223 Å². The summed E-state index contributed by atoms with van der Waals surface area (Å²) in [4.78, 5) is 15.2. The summed E-state index contributed by atoms with van der Waals surface area (Å²) in [6.45, 7) is 2.32. The number of halogens is 2. The Balaban J connectivity index is 1.56. The predicted octanol–water partition coefficient (Wildman–Crippen LogP) is 5.23. The SMILES string of the molecule is CCc1cccc(CN(C[C@@H](O)[C@@H](N)Cc2cc(F)cc(F)c2)C(=O)Cn2c(=S)sc3ccccc32)c1. The molecular formula is C28H29F2N3O2S2. The number of aryl methyl sites for hydroxylation is 1. The van der Waals surface area contributed by atoms with Crippen molar-refractivity contribution in [3.05, 3.63) is 99.0 Å². The van der Waals surface area contributed by atoms with Crippen LogP contribution < -0.4 is 5.73 Å². The molecule has 1 amide bonds. The van der Waals surface area contributed by atoms with E-state index in [4.69, 9.17) is 18.0 Å². The summed E-state index contributed by atoms with van der Waals surface area (Å²) in [6, 6.07) is 18.0. The minimum absolute atomic E-state index is 0.0212. The summed E-state index contributed by atoms with van der Waals surface area (Å²) in [5.41, 5.74) is 9.51. The van der Waals surface area contributed by atoms with Crippen molar-refractivity contribution in [2.45, 2.75) is 45.0 Å². The van der Waals surface area contributed by atoms with Crippen LogP contribution in [0.1, 0.15) is 23.6 Å². The first kappa shape index (κ1) is 27.1. The van der Waals surface area contributed by atoms with Crippen LogP contribution in [0.4, 0.5) is 8.78 Å². The maximum absolute atomic E-state index is 13.6. The van der Waals surface area contributed by atoms with Crippen molar-refractivity contribution in [1.29, 1.82) is 0 Å². The van der Waals surface area contributed by atoms with Crippen LogP contribution in [0.15, 0.2) is 66.7 Å². The highest BCUT2D eigenvalue weighted by molar-refractivity contribution is 7.73. The van der Waals surface area contributed by atoms with E-state index < -0.39 is 23.8 Å². The van der Waals surface area contributed by atoms with E-state index in [2.05, 4.69) is 6.92 Å². The van der Waals surface area contributed by atoms with Gasteiger partial charge in [0.15, 0.2) is 3.95 Å². The summed E-state index contributed by atoms with van der Waals surface area (Å²) < 4.78 is 30.6. The van der Waals surface area contributed by atoms with Crippen LogP contribution in [-0.4, -0.2) is 39.2 Å². The second-order valence-electron chi connectivity index (χ2n) is 9.08. The Bertz CT molecular complexity index is 1430. The van der Waals surface area contributed by atoms with Gasteiger partial charge in [-0.3, -0.25) is 4.79 Å². The summed E-state index contributed by atoms with van der Waals surface area (Å²) in [5, 5.41) is 10.9. The van der Waals surface area contributed by atoms with Gasteiger partial charge in [0.05, 0.1) is 16.3 Å². The lowest BCUT2D eigenvalue weighted by molar-refractivity contribution is -0.134. The minimum Gasteiger partial charge on any atom is -0.390 e. The molecule has 0 unspecified atom stereocenters. The number of aromatic nitrogens is 1. The molecule has 9 heteroatoms. The zero-order valence-corrected chi connectivity index (χ0v) is 22.1. The number of nitrogens with two attached hydrogens (primary N) is 1. The number of aliphatic hydroxyl groups excluding tert-OH is 1. The van der Waals surface area contributed by atoms with Gasteiger partial charge in [0.25, 0.3) is 0 Å². The molecule has 1 heterocycles. The van der Waals surface area contributed by atoms with Crippen molar-refractivity contribution >= 4 is 39.7 Å². The van der Waals surface area contributed by atoms with Gasteiger partial charge in [-0.2, -0.15) is 0 Å². The maximum atomic E-state index is 13.6. The van der Waals surface area contributed by atoms with Gasteiger partial charge in [0.1, 0.15) is 18.2 Å².